The van der Waals surface area contributed by atoms with Gasteiger partial charge >= 0.3 is 0 Å². The zero-order chi connectivity index (χ0) is 45.4. The van der Waals surface area contributed by atoms with Gasteiger partial charge < -0.3 is 19.1 Å². The van der Waals surface area contributed by atoms with Crippen LogP contribution in [0.1, 0.15) is 132 Å². The summed E-state index contributed by atoms with van der Waals surface area (Å²) >= 11 is 0. The number of fused-ring (bicyclic) bond motifs is 3. The Labute approximate surface area is 397 Å². The third-order valence-corrected chi connectivity index (χ3v) is 12.3. The van der Waals surface area contributed by atoms with Crippen molar-refractivity contribution in [3.05, 3.63) is 162 Å². The van der Waals surface area contributed by atoms with E-state index in [2.05, 4.69) is 240 Å². The number of pyridine rings is 1. The Morgan fingerprint density at radius 1 is 0.500 bits per heavy atom. The predicted octanol–water partition coefficient (Wildman–Crippen LogP) is 15.6. The number of hydrogen-bond donors (Lipinski definition) is 0. The van der Waals surface area contributed by atoms with Crippen molar-refractivity contribution >= 4 is 33.2 Å². The van der Waals surface area contributed by atoms with Crippen molar-refractivity contribution in [3.63, 3.8) is 0 Å². The van der Waals surface area contributed by atoms with Gasteiger partial charge in [0.15, 0.2) is 0 Å². The number of rotatable bonds is 6. The normalized spacial score (nSPS) is 13.9. The van der Waals surface area contributed by atoms with Gasteiger partial charge in [-0.15, -0.1) is 53.6 Å². The first kappa shape index (κ1) is 46.9. The predicted molar refractivity (Wildman–Crippen MR) is 267 cm³/mol. The molecule has 3 heterocycles. The van der Waals surface area contributed by atoms with Gasteiger partial charge in [0.05, 0.1) is 0 Å². The summed E-state index contributed by atoms with van der Waals surface area (Å²) in [5.74, 6) is 2.11. The molecule has 0 spiro atoms. The molecule has 0 N–H and O–H groups in total. The van der Waals surface area contributed by atoms with Crippen molar-refractivity contribution in [2.24, 2.45) is 0 Å². The minimum Gasteiger partial charge on any atom is -0.509 e. The van der Waals surface area contributed by atoms with Crippen LogP contribution in [0.5, 0.6) is 11.5 Å². The first-order valence-electron chi connectivity index (χ1n) is 22.4. The topological polar surface area (TPSA) is 33.5 Å². The number of aromatic nitrogens is 2. The summed E-state index contributed by atoms with van der Waals surface area (Å²) in [4.78, 5) is 9.23. The number of ether oxygens (including phenoxy) is 1. The van der Waals surface area contributed by atoms with E-state index in [4.69, 9.17) is 9.72 Å². The van der Waals surface area contributed by atoms with Gasteiger partial charge in [0.2, 0.25) is 0 Å². The van der Waals surface area contributed by atoms with Gasteiger partial charge in [0, 0.05) is 50.0 Å². The van der Waals surface area contributed by atoms with Crippen LogP contribution in [0.4, 0.5) is 11.4 Å². The van der Waals surface area contributed by atoms with Gasteiger partial charge in [-0.2, -0.15) is 6.07 Å². The van der Waals surface area contributed by atoms with Gasteiger partial charge in [0.1, 0.15) is 5.82 Å². The fourth-order valence-electron chi connectivity index (χ4n) is 8.12. The van der Waals surface area contributed by atoms with Gasteiger partial charge in [-0.05, 0) is 109 Å². The maximum absolute atomic E-state index is 6.76. The van der Waals surface area contributed by atoms with Gasteiger partial charge in [0.25, 0.3) is 0 Å². The molecular weight excluding hydrogens is 964 g/mol. The molecule has 0 aliphatic carbocycles. The molecule has 0 saturated carbocycles. The first-order valence-corrected chi connectivity index (χ1v) is 22.4. The minimum atomic E-state index is -0.141. The Hall–Kier alpha value is -5.12. The average molecular weight is 1030 g/mol. The fourth-order valence-corrected chi connectivity index (χ4v) is 8.12. The second-order valence-electron chi connectivity index (χ2n) is 22.6. The first-order chi connectivity index (χ1) is 29.3. The molecule has 0 unspecified atom stereocenters. The van der Waals surface area contributed by atoms with Gasteiger partial charge in [-0.1, -0.05) is 152 Å². The second-order valence-corrected chi connectivity index (χ2v) is 22.6. The van der Waals surface area contributed by atoms with Crippen LogP contribution >= 0.6 is 0 Å². The summed E-state index contributed by atoms with van der Waals surface area (Å²) in [7, 11) is 0. The fraction of sp³-hybridized carbons (Fsp3) is 0.345. The Morgan fingerprint density at radius 2 is 1.06 bits per heavy atom. The molecule has 5 aromatic carbocycles. The summed E-state index contributed by atoms with van der Waals surface area (Å²) in [6, 6.07) is 42.8. The molecule has 6 heteroatoms. The summed E-state index contributed by atoms with van der Waals surface area (Å²) in [5, 5.41) is 2.25. The zero-order valence-electron chi connectivity index (χ0n) is 40.6. The molecule has 64 heavy (non-hydrogen) atoms. The van der Waals surface area contributed by atoms with E-state index < -0.39 is 0 Å². The number of benzene rings is 5. The van der Waals surface area contributed by atoms with E-state index in [-0.39, 0.29) is 48.1 Å². The Morgan fingerprint density at radius 3 is 1.69 bits per heavy atom. The van der Waals surface area contributed by atoms with Crippen LogP contribution in [0.2, 0.25) is 0 Å². The molecule has 0 radical (unpaired) electrons. The Bertz CT molecular complexity index is 2850. The summed E-state index contributed by atoms with van der Waals surface area (Å²) < 4.78 is 8.97. The van der Waals surface area contributed by atoms with Crippen molar-refractivity contribution in [2.45, 2.75) is 131 Å². The molecule has 1 aliphatic rings. The number of anilines is 2. The number of para-hydroxylation sites is 1. The Balaban J connectivity index is 0.00000612. The van der Waals surface area contributed by atoms with Crippen LogP contribution in [0, 0.1) is 18.8 Å². The molecule has 7 aromatic rings. The molecule has 0 bridgehead atoms. The maximum Gasteiger partial charge on any atom is 0.135 e. The monoisotopic (exact) mass is 1030 g/mol. The number of hydrogen-bond acceptors (Lipinski definition) is 4. The van der Waals surface area contributed by atoms with Crippen LogP contribution < -0.4 is 14.5 Å². The van der Waals surface area contributed by atoms with Crippen molar-refractivity contribution in [3.8, 4) is 28.4 Å². The van der Waals surface area contributed by atoms with Crippen molar-refractivity contribution in [1.29, 1.82) is 0 Å². The third kappa shape index (κ3) is 9.62. The minimum absolute atomic E-state index is 0. The molecule has 0 amide bonds. The molecule has 5 nitrogen and oxygen atoms in total. The summed E-state index contributed by atoms with van der Waals surface area (Å²) in [5.41, 5.74) is 12.7. The van der Waals surface area contributed by atoms with E-state index in [1.54, 1.807) is 0 Å². The standard InChI is InChI=1S/C58H65N4O.Pt/c1-54(2,3)40-22-23-59-53(34-40)62-51-19-17-16-18-49(51)50-21-20-47(36-52(50)62)63-48-33-44(58(13,14)15)32-46(35-48)61-25-24-60(37-61)45-29-39(28-43(31-45)57(10,11)12)38-26-41(55(4,5)6)30-42(27-38)56(7,8)9;/h16-34,37H,1-15H3;/q-3;. The third-order valence-electron chi connectivity index (χ3n) is 12.3. The SMILES string of the molecule is CC(C)(C)c1cc(Oc2[c-]c3c(cc2)c2ccccc2n3-c2cc(C(C)(C)C)ccn2)[c-]c(N2C=CN(c3cc(-c4cc(C(C)(C)C)cc(C(C)(C)C)c4)cc(C(C)(C)C)c3)[CH-]2)c1.[Pt]. The van der Waals surface area contributed by atoms with Gasteiger partial charge in [-0.3, -0.25) is 0 Å². The van der Waals surface area contributed by atoms with Crippen LogP contribution in [0.15, 0.2) is 116 Å². The number of nitrogens with zero attached hydrogens (tertiary/aromatic N) is 4. The molecular formula is C58H65N4OPt-3. The van der Waals surface area contributed by atoms with E-state index in [1.807, 2.05) is 12.3 Å². The molecule has 8 rings (SSSR count). The smallest absolute Gasteiger partial charge is 0.135 e. The van der Waals surface area contributed by atoms with Gasteiger partial charge in [-0.25, -0.2) is 4.98 Å². The average Bonchev–Trinajstić information content (AvgIpc) is 3.83. The Kier molecular flexibility index (Phi) is 12.2. The van der Waals surface area contributed by atoms with E-state index in [0.29, 0.717) is 11.5 Å². The van der Waals surface area contributed by atoms with E-state index in [9.17, 15) is 0 Å². The van der Waals surface area contributed by atoms with Crippen molar-refractivity contribution in [2.75, 3.05) is 9.80 Å². The van der Waals surface area contributed by atoms with E-state index in [0.717, 1.165) is 44.6 Å². The van der Waals surface area contributed by atoms with E-state index in [1.165, 1.54) is 33.4 Å². The molecule has 336 valence electrons. The zero-order valence-corrected chi connectivity index (χ0v) is 42.8. The van der Waals surface area contributed by atoms with Crippen molar-refractivity contribution < 1.29 is 25.8 Å². The van der Waals surface area contributed by atoms with Crippen LogP contribution in [0.3, 0.4) is 0 Å². The maximum atomic E-state index is 6.76. The largest absolute Gasteiger partial charge is 0.509 e. The molecule has 0 atom stereocenters. The summed E-state index contributed by atoms with van der Waals surface area (Å²) in [6.07, 6.45) is 6.16. The molecule has 2 aromatic heterocycles. The molecule has 1 aliphatic heterocycles. The van der Waals surface area contributed by atoms with Crippen LogP contribution in [-0.4, -0.2) is 9.55 Å². The van der Waals surface area contributed by atoms with Crippen LogP contribution in [-0.2, 0) is 48.1 Å². The van der Waals surface area contributed by atoms with Crippen molar-refractivity contribution in [1.82, 2.24) is 9.55 Å². The molecule has 0 fully saturated rings. The summed E-state index contributed by atoms with van der Waals surface area (Å²) in [6.45, 7) is 36.3. The van der Waals surface area contributed by atoms with E-state index >= 15 is 0 Å². The quantitative estimate of drug-likeness (QED) is 0.155. The van der Waals surface area contributed by atoms with Crippen LogP contribution in [0.25, 0.3) is 38.8 Å². The molecule has 0 saturated heterocycles. The second kappa shape index (κ2) is 16.7.